The first-order valence-corrected chi connectivity index (χ1v) is 9.05. The molecule has 2 aromatic carbocycles. The van der Waals surface area contributed by atoms with Crippen molar-refractivity contribution in [1.29, 1.82) is 0 Å². The quantitative estimate of drug-likeness (QED) is 0.551. The summed E-state index contributed by atoms with van der Waals surface area (Å²) in [5, 5.41) is -0.351. The number of hydrogen-bond donors (Lipinski definition) is 0. The van der Waals surface area contributed by atoms with Crippen LogP contribution in [0.15, 0.2) is 48.5 Å². The molecule has 1 heterocycles. The lowest BCUT2D eigenvalue weighted by Crippen LogP contribution is -2.14. The van der Waals surface area contributed by atoms with Gasteiger partial charge >= 0.3 is 0 Å². The molecule has 0 N–H and O–H groups in total. The van der Waals surface area contributed by atoms with Crippen LogP contribution in [0.5, 0.6) is 11.5 Å². The predicted octanol–water partition coefficient (Wildman–Crippen LogP) is 3.10. The molecule has 2 aromatic rings. The van der Waals surface area contributed by atoms with Crippen LogP contribution >= 0.6 is 11.8 Å². The molecule has 1 atom stereocenters. The van der Waals surface area contributed by atoms with E-state index in [0.29, 0.717) is 23.5 Å². The molecule has 134 valence electrons. The standard InChI is InChI=1S/C20H18O5S/c1-24-18-5-3-2-4-15(18)17(22)12-25-14-8-6-13(7-9-14)10-19-16(21)11-20(23)26-19/h2-9,19H,10-12H2,1H3. The normalized spacial score (nSPS) is 16.6. The van der Waals surface area contributed by atoms with Gasteiger partial charge in [0.15, 0.2) is 17.5 Å². The van der Waals surface area contributed by atoms with E-state index in [1.807, 2.05) is 12.1 Å². The average Bonchev–Trinajstić information content (AvgIpc) is 2.97. The topological polar surface area (TPSA) is 69.7 Å². The van der Waals surface area contributed by atoms with E-state index in [2.05, 4.69) is 0 Å². The van der Waals surface area contributed by atoms with Crippen LogP contribution < -0.4 is 9.47 Å². The molecule has 1 saturated heterocycles. The number of carbonyl (C=O) groups excluding carboxylic acids is 3. The Hall–Kier alpha value is -2.60. The fourth-order valence-corrected chi connectivity index (χ4v) is 3.75. The molecule has 0 amide bonds. The second-order valence-electron chi connectivity index (χ2n) is 5.88. The zero-order chi connectivity index (χ0) is 18.5. The molecule has 6 heteroatoms. The van der Waals surface area contributed by atoms with Gasteiger partial charge in [-0.15, -0.1) is 0 Å². The number of rotatable bonds is 7. The average molecular weight is 370 g/mol. The lowest BCUT2D eigenvalue weighted by Gasteiger charge is -2.10. The molecule has 0 saturated carbocycles. The van der Waals surface area contributed by atoms with Crippen LogP contribution in [0.4, 0.5) is 0 Å². The molecule has 0 spiro atoms. The first kappa shape index (κ1) is 18.2. The Labute approximate surface area is 155 Å². The number of thioether (sulfide) groups is 1. The van der Waals surface area contributed by atoms with Crippen molar-refractivity contribution in [3.8, 4) is 11.5 Å². The Kier molecular flexibility index (Phi) is 5.73. The van der Waals surface area contributed by atoms with Gasteiger partial charge in [-0.3, -0.25) is 14.4 Å². The number of carbonyl (C=O) groups is 3. The van der Waals surface area contributed by atoms with Gasteiger partial charge in [0, 0.05) is 0 Å². The minimum atomic E-state index is -0.290. The summed E-state index contributed by atoms with van der Waals surface area (Å²) < 4.78 is 10.7. The molecule has 0 bridgehead atoms. The number of methoxy groups -OCH3 is 1. The third-order valence-electron chi connectivity index (χ3n) is 4.07. The largest absolute Gasteiger partial charge is 0.496 e. The highest BCUT2D eigenvalue weighted by Gasteiger charge is 2.31. The minimum absolute atomic E-state index is 0.0114. The first-order valence-electron chi connectivity index (χ1n) is 8.17. The van der Waals surface area contributed by atoms with Crippen molar-refractivity contribution < 1.29 is 23.9 Å². The Bertz CT molecular complexity index is 828. The van der Waals surface area contributed by atoms with Gasteiger partial charge in [-0.2, -0.15) is 0 Å². The molecular formula is C20H18O5S. The van der Waals surface area contributed by atoms with Crippen LogP contribution in [0.25, 0.3) is 0 Å². The van der Waals surface area contributed by atoms with E-state index < -0.39 is 0 Å². The summed E-state index contributed by atoms with van der Waals surface area (Å²) in [6.45, 7) is -0.0921. The summed E-state index contributed by atoms with van der Waals surface area (Å²) in [7, 11) is 1.52. The van der Waals surface area contributed by atoms with Gasteiger partial charge in [0.1, 0.15) is 11.5 Å². The van der Waals surface area contributed by atoms with Crippen LogP contribution in [0.3, 0.4) is 0 Å². The summed E-state index contributed by atoms with van der Waals surface area (Å²) in [4.78, 5) is 35.3. The van der Waals surface area contributed by atoms with Gasteiger partial charge in [-0.25, -0.2) is 0 Å². The number of benzene rings is 2. The highest BCUT2D eigenvalue weighted by molar-refractivity contribution is 8.15. The van der Waals surface area contributed by atoms with Crippen LogP contribution in [-0.4, -0.2) is 35.6 Å². The monoisotopic (exact) mass is 370 g/mol. The van der Waals surface area contributed by atoms with Gasteiger partial charge < -0.3 is 9.47 Å². The van der Waals surface area contributed by atoms with E-state index in [-0.39, 0.29) is 35.0 Å². The summed E-state index contributed by atoms with van der Waals surface area (Å²) in [5.74, 6) is 0.906. The molecule has 0 aliphatic carbocycles. The molecule has 0 radical (unpaired) electrons. The first-order chi connectivity index (χ1) is 12.6. The van der Waals surface area contributed by atoms with Gasteiger partial charge in [-0.1, -0.05) is 36.0 Å². The van der Waals surface area contributed by atoms with E-state index in [4.69, 9.17) is 9.47 Å². The summed E-state index contributed by atoms with van der Waals surface area (Å²) in [5.41, 5.74) is 1.43. The third-order valence-corrected chi connectivity index (χ3v) is 5.19. The summed E-state index contributed by atoms with van der Waals surface area (Å²) in [6, 6.07) is 14.2. The number of hydrogen-bond acceptors (Lipinski definition) is 6. The zero-order valence-electron chi connectivity index (χ0n) is 14.3. The molecule has 26 heavy (non-hydrogen) atoms. The van der Waals surface area contributed by atoms with Gasteiger partial charge in [0.2, 0.25) is 5.78 Å². The number of para-hydroxylation sites is 1. The van der Waals surface area contributed by atoms with E-state index in [9.17, 15) is 14.4 Å². The predicted molar refractivity (Wildman–Crippen MR) is 99.0 cm³/mol. The molecule has 3 rings (SSSR count). The van der Waals surface area contributed by atoms with Crippen molar-refractivity contribution in [2.75, 3.05) is 13.7 Å². The maximum atomic E-state index is 12.3. The van der Waals surface area contributed by atoms with Gasteiger partial charge in [0.25, 0.3) is 0 Å². The molecule has 1 fully saturated rings. The molecule has 5 nitrogen and oxygen atoms in total. The van der Waals surface area contributed by atoms with Crippen LogP contribution in [0.2, 0.25) is 0 Å². The molecular weight excluding hydrogens is 352 g/mol. The molecule has 0 aromatic heterocycles. The van der Waals surface area contributed by atoms with Crippen LogP contribution in [-0.2, 0) is 16.0 Å². The Morgan fingerprint density at radius 1 is 1.12 bits per heavy atom. The zero-order valence-corrected chi connectivity index (χ0v) is 15.1. The fourth-order valence-electron chi connectivity index (χ4n) is 2.72. The van der Waals surface area contributed by atoms with Crippen LogP contribution in [0.1, 0.15) is 22.3 Å². The van der Waals surface area contributed by atoms with Crippen molar-refractivity contribution in [1.82, 2.24) is 0 Å². The third kappa shape index (κ3) is 4.32. The minimum Gasteiger partial charge on any atom is -0.496 e. The highest BCUT2D eigenvalue weighted by atomic mass is 32.2. The van der Waals surface area contributed by atoms with E-state index in [1.54, 1.807) is 36.4 Å². The number of ketones is 2. The van der Waals surface area contributed by atoms with Crippen molar-refractivity contribution in [2.24, 2.45) is 0 Å². The summed E-state index contributed by atoms with van der Waals surface area (Å²) in [6.07, 6.45) is 0.553. The Balaban J connectivity index is 1.57. The molecule has 1 aliphatic heterocycles. The molecule has 1 unspecified atom stereocenters. The maximum Gasteiger partial charge on any atom is 0.203 e. The second kappa shape index (κ2) is 8.19. The Morgan fingerprint density at radius 3 is 2.50 bits per heavy atom. The van der Waals surface area contributed by atoms with E-state index >= 15 is 0 Å². The smallest absolute Gasteiger partial charge is 0.203 e. The second-order valence-corrected chi connectivity index (χ2v) is 7.14. The van der Waals surface area contributed by atoms with Crippen molar-refractivity contribution in [3.05, 3.63) is 59.7 Å². The van der Waals surface area contributed by atoms with Crippen LogP contribution in [0, 0.1) is 0 Å². The maximum absolute atomic E-state index is 12.3. The SMILES string of the molecule is COc1ccccc1C(=O)COc1ccc(CC2SC(=O)CC2=O)cc1. The lowest BCUT2D eigenvalue weighted by atomic mass is 10.1. The highest BCUT2D eigenvalue weighted by Crippen LogP contribution is 2.28. The Morgan fingerprint density at radius 2 is 1.85 bits per heavy atom. The fraction of sp³-hybridized carbons (Fsp3) is 0.250. The van der Waals surface area contributed by atoms with Gasteiger partial charge in [0.05, 0.1) is 24.3 Å². The number of ether oxygens (including phenoxy) is 2. The summed E-state index contributed by atoms with van der Waals surface area (Å²) >= 11 is 1.11. The lowest BCUT2D eigenvalue weighted by molar-refractivity contribution is -0.121. The molecule has 1 aliphatic rings. The number of Topliss-reactive ketones (excluding diaryl/α,β-unsaturated/α-hetero) is 2. The van der Waals surface area contributed by atoms with E-state index in [1.165, 1.54) is 7.11 Å². The van der Waals surface area contributed by atoms with Gasteiger partial charge in [-0.05, 0) is 36.2 Å². The van der Waals surface area contributed by atoms with E-state index in [0.717, 1.165) is 17.3 Å². The van der Waals surface area contributed by atoms with Crippen molar-refractivity contribution in [3.63, 3.8) is 0 Å². The van der Waals surface area contributed by atoms with Crippen molar-refractivity contribution >= 4 is 28.4 Å². The van der Waals surface area contributed by atoms with Crippen molar-refractivity contribution in [2.45, 2.75) is 18.1 Å².